The van der Waals surface area contributed by atoms with Gasteiger partial charge in [0.25, 0.3) is 0 Å². The molecule has 0 aliphatic heterocycles. The highest BCUT2D eigenvalue weighted by molar-refractivity contribution is 4.96. The van der Waals surface area contributed by atoms with Crippen LogP contribution in [0, 0.1) is 0 Å². The molecule has 0 amide bonds. The molecule has 0 radical (unpaired) electrons. The summed E-state index contributed by atoms with van der Waals surface area (Å²) in [4.78, 5) is 0. The van der Waals surface area contributed by atoms with Gasteiger partial charge in [-0.15, -0.1) is 0 Å². The summed E-state index contributed by atoms with van der Waals surface area (Å²) in [5.41, 5.74) is 11.3. The van der Waals surface area contributed by atoms with E-state index in [0.29, 0.717) is 6.54 Å². The van der Waals surface area contributed by atoms with Crippen molar-refractivity contribution in [2.24, 2.45) is 11.5 Å². The fourth-order valence-electron chi connectivity index (χ4n) is 0.346. The molecular formula is C5H12N2. The fraction of sp³-hybridized carbons (Fsp3) is 0.600. The zero-order valence-corrected chi connectivity index (χ0v) is 4.65. The molecule has 4 N–H and O–H groups in total. The van der Waals surface area contributed by atoms with E-state index in [-0.39, 0.29) is 0 Å². The second-order valence-corrected chi connectivity index (χ2v) is 1.39. The Hall–Kier alpha value is -0.500. The first-order valence-electron chi connectivity index (χ1n) is 2.45. The van der Waals surface area contributed by atoms with Crippen LogP contribution in [0.4, 0.5) is 0 Å². The van der Waals surface area contributed by atoms with Gasteiger partial charge in [-0.3, -0.25) is 0 Å². The van der Waals surface area contributed by atoms with Gasteiger partial charge in [0, 0.05) is 12.2 Å². The van der Waals surface area contributed by atoms with Crippen LogP contribution in [0.2, 0.25) is 0 Å². The molecule has 0 atom stereocenters. The molecule has 0 spiro atoms. The summed E-state index contributed by atoms with van der Waals surface area (Å²) in [5.74, 6) is 0. The molecule has 0 aromatic carbocycles. The minimum atomic E-state index is 0.480. The molecule has 2 nitrogen and oxygen atoms in total. The maximum Gasteiger partial charge on any atom is 0.0323 e. The Morgan fingerprint density at radius 3 is 2.43 bits per heavy atom. The number of allylic oxidation sites excluding steroid dienone is 1. The van der Waals surface area contributed by atoms with Gasteiger partial charge in [0.1, 0.15) is 0 Å². The molecule has 0 aliphatic carbocycles. The average Bonchev–Trinajstić information content (AvgIpc) is 1.68. The van der Waals surface area contributed by atoms with Crippen LogP contribution in [0.25, 0.3) is 0 Å². The first-order chi connectivity index (χ1) is 3.31. The third-order valence-corrected chi connectivity index (χ3v) is 0.702. The topological polar surface area (TPSA) is 52.0 Å². The Kier molecular flexibility index (Phi) is 3.42. The molecule has 0 saturated carbocycles. The number of rotatable bonds is 2. The predicted molar refractivity (Wildman–Crippen MR) is 31.6 cm³/mol. The van der Waals surface area contributed by atoms with E-state index in [9.17, 15) is 0 Å². The van der Waals surface area contributed by atoms with Crippen molar-refractivity contribution in [3.63, 3.8) is 0 Å². The Morgan fingerprint density at radius 2 is 2.29 bits per heavy atom. The highest BCUT2D eigenvalue weighted by atomic mass is 14.7. The van der Waals surface area contributed by atoms with Gasteiger partial charge in [-0.2, -0.15) is 0 Å². The quantitative estimate of drug-likeness (QED) is 0.520. The highest BCUT2D eigenvalue weighted by Crippen LogP contribution is 1.81. The summed E-state index contributed by atoms with van der Waals surface area (Å²) in [7, 11) is 0. The standard InChI is InChI=1S/C5H12N2/c1-2-3-5(7)4-6/h3H,2,4,6-7H2,1H3/b5-3+. The van der Waals surface area contributed by atoms with Gasteiger partial charge in [-0.25, -0.2) is 0 Å². The molecule has 0 bridgehead atoms. The summed E-state index contributed by atoms with van der Waals surface area (Å²) < 4.78 is 0. The van der Waals surface area contributed by atoms with Crippen molar-refractivity contribution in [3.05, 3.63) is 11.8 Å². The van der Waals surface area contributed by atoms with Gasteiger partial charge in [-0.1, -0.05) is 13.0 Å². The summed E-state index contributed by atoms with van der Waals surface area (Å²) in [6.07, 6.45) is 2.89. The van der Waals surface area contributed by atoms with Gasteiger partial charge in [-0.05, 0) is 6.42 Å². The number of hydrogen-bond acceptors (Lipinski definition) is 2. The van der Waals surface area contributed by atoms with Crippen molar-refractivity contribution in [1.82, 2.24) is 0 Å². The largest absolute Gasteiger partial charge is 0.401 e. The van der Waals surface area contributed by atoms with Crippen LogP contribution in [0.3, 0.4) is 0 Å². The van der Waals surface area contributed by atoms with Crippen LogP contribution in [0.5, 0.6) is 0 Å². The van der Waals surface area contributed by atoms with Crippen LogP contribution >= 0.6 is 0 Å². The Labute approximate surface area is 44.2 Å². The molecule has 0 aromatic rings. The summed E-state index contributed by atoms with van der Waals surface area (Å²) in [6.45, 7) is 2.51. The highest BCUT2D eigenvalue weighted by Gasteiger charge is 1.77. The average molecular weight is 100 g/mol. The Balaban J connectivity index is 3.29. The van der Waals surface area contributed by atoms with Gasteiger partial charge in [0.15, 0.2) is 0 Å². The van der Waals surface area contributed by atoms with Crippen molar-refractivity contribution < 1.29 is 0 Å². The van der Waals surface area contributed by atoms with Crippen molar-refractivity contribution in [3.8, 4) is 0 Å². The maximum atomic E-state index is 5.32. The van der Waals surface area contributed by atoms with Crippen LogP contribution in [-0.4, -0.2) is 6.54 Å². The van der Waals surface area contributed by atoms with E-state index in [0.717, 1.165) is 12.1 Å². The normalized spacial score (nSPS) is 12.0. The minimum absolute atomic E-state index is 0.480. The lowest BCUT2D eigenvalue weighted by molar-refractivity contribution is 1.06. The van der Waals surface area contributed by atoms with E-state index in [4.69, 9.17) is 11.5 Å². The maximum absolute atomic E-state index is 5.32. The molecule has 0 unspecified atom stereocenters. The summed E-state index contributed by atoms with van der Waals surface area (Å²) in [5, 5.41) is 0. The zero-order valence-electron chi connectivity index (χ0n) is 4.65. The zero-order chi connectivity index (χ0) is 5.70. The lowest BCUT2D eigenvalue weighted by atomic mass is 10.3. The van der Waals surface area contributed by atoms with E-state index in [1.54, 1.807) is 0 Å². The van der Waals surface area contributed by atoms with Gasteiger partial charge in [0.2, 0.25) is 0 Å². The second-order valence-electron chi connectivity index (χ2n) is 1.39. The lowest BCUT2D eigenvalue weighted by Gasteiger charge is -1.89. The molecule has 0 fully saturated rings. The van der Waals surface area contributed by atoms with Crippen molar-refractivity contribution in [1.29, 1.82) is 0 Å². The number of hydrogen-bond donors (Lipinski definition) is 2. The molecule has 2 heteroatoms. The minimum Gasteiger partial charge on any atom is -0.401 e. The monoisotopic (exact) mass is 100 g/mol. The van der Waals surface area contributed by atoms with Crippen LogP contribution < -0.4 is 11.5 Å². The molecule has 7 heavy (non-hydrogen) atoms. The molecule has 42 valence electrons. The van der Waals surface area contributed by atoms with E-state index in [1.807, 2.05) is 13.0 Å². The molecule has 0 aromatic heterocycles. The van der Waals surface area contributed by atoms with Crippen molar-refractivity contribution >= 4 is 0 Å². The first-order valence-corrected chi connectivity index (χ1v) is 2.45. The Bertz CT molecular complexity index is 66.5. The third kappa shape index (κ3) is 3.33. The van der Waals surface area contributed by atoms with E-state index < -0.39 is 0 Å². The lowest BCUT2D eigenvalue weighted by Crippen LogP contribution is -2.10. The third-order valence-electron chi connectivity index (χ3n) is 0.702. The molecular weight excluding hydrogens is 88.1 g/mol. The summed E-state index contributed by atoms with van der Waals surface area (Å²) in [6, 6.07) is 0. The fourth-order valence-corrected chi connectivity index (χ4v) is 0.346. The van der Waals surface area contributed by atoms with Gasteiger partial charge in [0.05, 0.1) is 0 Å². The predicted octanol–water partition coefficient (Wildman–Crippen LogP) is 0.198. The van der Waals surface area contributed by atoms with Gasteiger partial charge >= 0.3 is 0 Å². The van der Waals surface area contributed by atoms with Crippen LogP contribution in [0.1, 0.15) is 13.3 Å². The molecule has 0 saturated heterocycles. The smallest absolute Gasteiger partial charge is 0.0323 e. The molecule has 0 rings (SSSR count). The van der Waals surface area contributed by atoms with Crippen molar-refractivity contribution in [2.45, 2.75) is 13.3 Å². The van der Waals surface area contributed by atoms with E-state index in [2.05, 4.69) is 0 Å². The van der Waals surface area contributed by atoms with Crippen LogP contribution in [0.15, 0.2) is 11.8 Å². The van der Waals surface area contributed by atoms with E-state index in [1.165, 1.54) is 0 Å². The molecule has 0 heterocycles. The first kappa shape index (κ1) is 6.50. The Morgan fingerprint density at radius 1 is 1.71 bits per heavy atom. The van der Waals surface area contributed by atoms with Gasteiger partial charge < -0.3 is 11.5 Å². The molecule has 0 aliphatic rings. The SMILES string of the molecule is CC/C=C(/N)CN. The van der Waals surface area contributed by atoms with Crippen LogP contribution in [-0.2, 0) is 0 Å². The van der Waals surface area contributed by atoms with Crippen molar-refractivity contribution in [2.75, 3.05) is 6.54 Å². The summed E-state index contributed by atoms with van der Waals surface area (Å²) >= 11 is 0. The van der Waals surface area contributed by atoms with E-state index >= 15 is 0 Å². The number of nitrogens with two attached hydrogens (primary N) is 2. The second kappa shape index (κ2) is 3.68.